The molecule has 0 aromatic heterocycles. The highest BCUT2D eigenvalue weighted by Gasteiger charge is 2.20. The molecule has 1 aliphatic carbocycles. The molecule has 1 aliphatic rings. The Kier molecular flexibility index (Phi) is 5.79. The Bertz CT molecular complexity index is 647. The van der Waals surface area contributed by atoms with E-state index in [0.717, 1.165) is 11.1 Å². The minimum Gasteiger partial charge on any atom is -0.251 e. The number of allylic oxidation sites excluding steroid dienone is 2. The Morgan fingerprint density at radius 3 is 2.00 bits per heavy atom. The molecule has 0 unspecified atom stereocenters. The summed E-state index contributed by atoms with van der Waals surface area (Å²) < 4.78 is 25.2. The van der Waals surface area contributed by atoms with Gasteiger partial charge in [0.25, 0.3) is 0 Å². The number of hydrogen-bond acceptors (Lipinski definition) is 0. The fraction of sp³-hybridized carbons (Fsp3) is 0.364. The van der Waals surface area contributed by atoms with Crippen LogP contribution < -0.4 is 0 Å². The van der Waals surface area contributed by atoms with Gasteiger partial charge in [-0.1, -0.05) is 48.6 Å². The van der Waals surface area contributed by atoms with Crippen LogP contribution in [0.2, 0.25) is 0 Å². The van der Waals surface area contributed by atoms with Gasteiger partial charge >= 0.3 is 0 Å². The first-order valence-corrected chi connectivity index (χ1v) is 8.85. The minimum atomic E-state index is -0.258. The van der Waals surface area contributed by atoms with E-state index in [4.69, 9.17) is 0 Å². The molecule has 2 heteroatoms. The molecule has 126 valence electrons. The lowest BCUT2D eigenvalue weighted by atomic mass is 9.78. The van der Waals surface area contributed by atoms with Crippen molar-refractivity contribution in [3.05, 3.63) is 72.1 Å². The smallest absolute Gasteiger partial charge is 0.123 e. The van der Waals surface area contributed by atoms with E-state index in [0.29, 0.717) is 18.3 Å². The molecular weight excluding hydrogens is 302 g/mol. The average Bonchev–Trinajstić information content (AvgIpc) is 2.63. The summed E-state index contributed by atoms with van der Waals surface area (Å²) in [6, 6.07) is 15.3. The fourth-order valence-electron chi connectivity index (χ4n) is 3.59. The van der Waals surface area contributed by atoms with Crippen LogP contribution in [0.5, 0.6) is 0 Å². The maximum absolute atomic E-state index is 13.0. The molecule has 24 heavy (non-hydrogen) atoms. The van der Waals surface area contributed by atoms with Crippen molar-refractivity contribution in [1.29, 1.82) is 0 Å². The van der Waals surface area contributed by atoms with E-state index in [1.807, 2.05) is 18.2 Å². The predicted molar refractivity (Wildman–Crippen MR) is 96.3 cm³/mol. The van der Waals surface area contributed by atoms with Gasteiger partial charge in [-0.15, -0.1) is 0 Å². The lowest BCUT2D eigenvalue weighted by molar-refractivity contribution is 0.375. The second-order valence-electron chi connectivity index (χ2n) is 6.65. The van der Waals surface area contributed by atoms with Gasteiger partial charge in [-0.25, -0.2) is 4.39 Å². The van der Waals surface area contributed by atoms with Crippen molar-refractivity contribution in [3.8, 4) is 11.1 Å². The molecule has 0 nitrogen and oxygen atoms in total. The summed E-state index contributed by atoms with van der Waals surface area (Å²) in [5.74, 6) is 1.04. The summed E-state index contributed by atoms with van der Waals surface area (Å²) >= 11 is 0. The highest BCUT2D eigenvalue weighted by atomic mass is 19.1. The van der Waals surface area contributed by atoms with Gasteiger partial charge < -0.3 is 0 Å². The van der Waals surface area contributed by atoms with Gasteiger partial charge in [0, 0.05) is 0 Å². The first kappa shape index (κ1) is 16.9. The second-order valence-corrected chi connectivity index (χ2v) is 6.65. The summed E-state index contributed by atoms with van der Waals surface area (Å²) in [6.07, 6.45) is 9.50. The zero-order valence-corrected chi connectivity index (χ0v) is 13.9. The second kappa shape index (κ2) is 8.23. The first-order valence-electron chi connectivity index (χ1n) is 8.85. The van der Waals surface area contributed by atoms with Crippen LogP contribution in [0.3, 0.4) is 0 Å². The zero-order chi connectivity index (χ0) is 16.8. The van der Waals surface area contributed by atoms with Gasteiger partial charge in [0.15, 0.2) is 0 Å². The third-order valence-electron chi connectivity index (χ3n) is 5.02. The monoisotopic (exact) mass is 326 g/mol. The van der Waals surface area contributed by atoms with E-state index in [-0.39, 0.29) is 12.5 Å². The molecule has 0 spiro atoms. The Labute approximate surface area is 143 Å². The molecule has 0 radical (unpaired) electrons. The molecule has 0 atom stereocenters. The third-order valence-corrected chi connectivity index (χ3v) is 5.02. The van der Waals surface area contributed by atoms with E-state index in [1.54, 1.807) is 0 Å². The Morgan fingerprint density at radius 2 is 1.42 bits per heavy atom. The summed E-state index contributed by atoms with van der Waals surface area (Å²) in [4.78, 5) is 0. The topological polar surface area (TPSA) is 0 Å². The number of rotatable bonds is 5. The molecule has 0 amide bonds. The summed E-state index contributed by atoms with van der Waals surface area (Å²) in [5, 5.41) is 0. The molecule has 2 aromatic carbocycles. The molecule has 3 rings (SSSR count). The van der Waals surface area contributed by atoms with Crippen LogP contribution >= 0.6 is 0 Å². The quantitative estimate of drug-likeness (QED) is 0.537. The number of hydrogen-bond donors (Lipinski definition) is 0. The van der Waals surface area contributed by atoms with E-state index in [9.17, 15) is 8.78 Å². The van der Waals surface area contributed by atoms with E-state index < -0.39 is 0 Å². The van der Waals surface area contributed by atoms with Gasteiger partial charge in [0.1, 0.15) is 5.82 Å². The SMILES string of the molecule is FCCC=C[C@H]1CC[C@H](c2ccc(-c3ccc(F)cc3)cc2)CC1. The molecule has 1 saturated carbocycles. The van der Waals surface area contributed by atoms with Crippen molar-refractivity contribution in [2.24, 2.45) is 5.92 Å². The highest BCUT2D eigenvalue weighted by Crippen LogP contribution is 2.37. The summed E-state index contributed by atoms with van der Waals surface area (Å²) in [7, 11) is 0. The van der Waals surface area contributed by atoms with Crippen LogP contribution in [-0.4, -0.2) is 6.67 Å². The van der Waals surface area contributed by atoms with E-state index >= 15 is 0 Å². The van der Waals surface area contributed by atoms with Crippen LogP contribution in [0.15, 0.2) is 60.7 Å². The molecule has 0 heterocycles. The lowest BCUT2D eigenvalue weighted by Gasteiger charge is -2.27. The molecule has 0 N–H and O–H groups in total. The Hall–Kier alpha value is -1.96. The maximum Gasteiger partial charge on any atom is 0.123 e. The zero-order valence-electron chi connectivity index (χ0n) is 13.9. The first-order chi connectivity index (χ1) is 11.8. The molecular formula is C22H24F2. The van der Waals surface area contributed by atoms with Crippen molar-refractivity contribution >= 4 is 0 Å². The molecule has 1 fully saturated rings. The van der Waals surface area contributed by atoms with Gasteiger partial charge in [0.2, 0.25) is 0 Å². The van der Waals surface area contributed by atoms with Gasteiger partial charge in [0.05, 0.1) is 6.67 Å². The number of benzene rings is 2. The Balaban J connectivity index is 1.59. The lowest BCUT2D eigenvalue weighted by Crippen LogP contribution is -2.11. The summed E-state index contributed by atoms with van der Waals surface area (Å²) in [6.45, 7) is -0.258. The third kappa shape index (κ3) is 4.31. The molecule has 0 bridgehead atoms. The van der Waals surface area contributed by atoms with Crippen LogP contribution in [-0.2, 0) is 0 Å². The van der Waals surface area contributed by atoms with E-state index in [2.05, 4.69) is 30.3 Å². The highest BCUT2D eigenvalue weighted by molar-refractivity contribution is 5.63. The molecule has 0 aliphatic heterocycles. The van der Waals surface area contributed by atoms with Crippen LogP contribution in [0, 0.1) is 11.7 Å². The standard InChI is InChI=1S/C22H24F2/c23-16-2-1-3-17-4-6-18(7-5-17)19-8-10-20(11-9-19)21-12-14-22(24)15-13-21/h1,3,8-15,17-18H,2,4-7,16H2/t17-,18-. The number of halogens is 2. The van der Waals surface area contributed by atoms with Crippen molar-refractivity contribution in [2.75, 3.05) is 6.67 Å². The minimum absolute atomic E-state index is 0.201. The molecule has 0 saturated heterocycles. The van der Waals surface area contributed by atoms with Crippen LogP contribution in [0.25, 0.3) is 11.1 Å². The van der Waals surface area contributed by atoms with Crippen molar-refractivity contribution in [3.63, 3.8) is 0 Å². The molecule has 2 aromatic rings. The predicted octanol–water partition coefficient (Wildman–Crippen LogP) is 6.68. The van der Waals surface area contributed by atoms with Crippen molar-refractivity contribution in [1.82, 2.24) is 0 Å². The van der Waals surface area contributed by atoms with Crippen molar-refractivity contribution in [2.45, 2.75) is 38.0 Å². The average molecular weight is 326 g/mol. The van der Waals surface area contributed by atoms with E-state index in [1.165, 1.54) is 43.4 Å². The normalized spacial score (nSPS) is 21.2. The van der Waals surface area contributed by atoms with Crippen LogP contribution in [0.1, 0.15) is 43.6 Å². The van der Waals surface area contributed by atoms with Crippen molar-refractivity contribution < 1.29 is 8.78 Å². The largest absolute Gasteiger partial charge is 0.251 e. The van der Waals surface area contributed by atoms with Crippen LogP contribution in [0.4, 0.5) is 8.78 Å². The summed E-state index contributed by atoms with van der Waals surface area (Å²) in [5.41, 5.74) is 3.57. The fourth-order valence-corrected chi connectivity index (χ4v) is 3.59. The van der Waals surface area contributed by atoms with Gasteiger partial charge in [-0.3, -0.25) is 4.39 Å². The van der Waals surface area contributed by atoms with Gasteiger partial charge in [-0.05, 0) is 72.8 Å². The van der Waals surface area contributed by atoms with Gasteiger partial charge in [-0.2, -0.15) is 0 Å². The Morgan fingerprint density at radius 1 is 0.833 bits per heavy atom. The maximum atomic E-state index is 13.0. The number of alkyl halides is 1.